The summed E-state index contributed by atoms with van der Waals surface area (Å²) in [7, 11) is 0. The van der Waals surface area contributed by atoms with Gasteiger partial charge in [0.2, 0.25) is 0 Å². The van der Waals surface area contributed by atoms with Gasteiger partial charge < -0.3 is 0 Å². The van der Waals surface area contributed by atoms with Gasteiger partial charge in [0, 0.05) is 14.7 Å². The van der Waals surface area contributed by atoms with Gasteiger partial charge in [-0.05, 0) is 30.0 Å². The molecule has 2 rings (SSSR count). The van der Waals surface area contributed by atoms with Crippen LogP contribution in [0.3, 0.4) is 0 Å². The zero-order valence-electron chi connectivity index (χ0n) is 7.41. The summed E-state index contributed by atoms with van der Waals surface area (Å²) in [5.74, 6) is 0. The van der Waals surface area contributed by atoms with E-state index < -0.39 is 0 Å². The Morgan fingerprint density at radius 2 is 1.69 bits per heavy atom. The first-order valence-electron chi connectivity index (χ1n) is 4.07. The van der Waals surface area contributed by atoms with Crippen molar-refractivity contribution >= 4 is 23.5 Å². The lowest BCUT2D eigenvalue weighted by atomic mass is 10.4. The third-order valence-electron chi connectivity index (χ3n) is 1.73. The Bertz CT molecular complexity index is 377. The van der Waals surface area contributed by atoms with Crippen LogP contribution in [0.4, 0.5) is 0 Å². The van der Waals surface area contributed by atoms with Gasteiger partial charge in [-0.25, -0.2) is 0 Å². The number of allylic oxidation sites excluding steroid dienone is 2. The van der Waals surface area contributed by atoms with Crippen molar-refractivity contribution in [3.05, 3.63) is 46.7 Å². The third-order valence-corrected chi connectivity index (χ3v) is 3.83. The maximum absolute atomic E-state index is 4.00. The van der Waals surface area contributed by atoms with Gasteiger partial charge in [0.25, 0.3) is 0 Å². The summed E-state index contributed by atoms with van der Waals surface area (Å²) >= 11 is 3.56. The average Bonchev–Trinajstić information content (AvgIpc) is 2.20. The van der Waals surface area contributed by atoms with Crippen LogP contribution in [0.25, 0.3) is 0 Å². The predicted molar refractivity (Wildman–Crippen MR) is 61.1 cm³/mol. The molecule has 13 heavy (non-hydrogen) atoms. The second kappa shape index (κ2) is 3.64. The Morgan fingerprint density at radius 3 is 2.38 bits per heavy atom. The number of benzene rings is 1. The molecule has 0 bridgehead atoms. The van der Waals surface area contributed by atoms with Gasteiger partial charge in [-0.1, -0.05) is 42.2 Å². The van der Waals surface area contributed by atoms with E-state index in [4.69, 9.17) is 0 Å². The first-order chi connectivity index (χ1) is 6.25. The summed E-state index contributed by atoms with van der Waals surface area (Å²) in [4.78, 5) is 5.07. The first-order valence-corrected chi connectivity index (χ1v) is 5.71. The molecule has 1 aromatic carbocycles. The molecule has 0 saturated carbocycles. The fourth-order valence-electron chi connectivity index (χ4n) is 1.22. The molecule has 1 aliphatic rings. The molecule has 0 aromatic heterocycles. The topological polar surface area (TPSA) is 0 Å². The molecule has 66 valence electrons. The molecule has 0 N–H and O–H groups in total. The zero-order valence-corrected chi connectivity index (χ0v) is 9.04. The third kappa shape index (κ3) is 2.01. The highest BCUT2D eigenvalue weighted by atomic mass is 32.2. The van der Waals surface area contributed by atoms with Crippen LogP contribution in [0.1, 0.15) is 6.92 Å². The average molecular weight is 206 g/mol. The maximum atomic E-state index is 4.00. The molecule has 2 heteroatoms. The smallest absolute Gasteiger partial charge is 0.0261 e. The Kier molecular flexibility index (Phi) is 2.51. The van der Waals surface area contributed by atoms with E-state index in [1.807, 2.05) is 11.8 Å². The summed E-state index contributed by atoms with van der Waals surface area (Å²) in [6.07, 6.45) is 2.13. The van der Waals surface area contributed by atoms with Crippen LogP contribution < -0.4 is 0 Å². The van der Waals surface area contributed by atoms with Crippen molar-refractivity contribution in [2.24, 2.45) is 0 Å². The van der Waals surface area contributed by atoms with Crippen molar-refractivity contribution in [3.8, 4) is 0 Å². The molecular weight excluding hydrogens is 196 g/mol. The first kappa shape index (κ1) is 8.97. The van der Waals surface area contributed by atoms with E-state index in [2.05, 4.69) is 43.8 Å². The maximum Gasteiger partial charge on any atom is 0.0261 e. The van der Waals surface area contributed by atoms with E-state index in [1.54, 1.807) is 11.8 Å². The Morgan fingerprint density at radius 1 is 1.08 bits per heavy atom. The van der Waals surface area contributed by atoms with Gasteiger partial charge in [0.1, 0.15) is 0 Å². The normalized spacial score (nSPS) is 16.1. The van der Waals surface area contributed by atoms with Gasteiger partial charge >= 0.3 is 0 Å². The highest BCUT2D eigenvalue weighted by molar-refractivity contribution is 8.06. The minimum atomic E-state index is 1.12. The number of thioether (sulfide) groups is 2. The van der Waals surface area contributed by atoms with Crippen molar-refractivity contribution in [2.75, 3.05) is 0 Å². The van der Waals surface area contributed by atoms with Crippen molar-refractivity contribution in [1.29, 1.82) is 0 Å². The minimum absolute atomic E-state index is 1.12. The second-order valence-electron chi connectivity index (χ2n) is 2.87. The van der Waals surface area contributed by atoms with Gasteiger partial charge in [-0.15, -0.1) is 0 Å². The van der Waals surface area contributed by atoms with Crippen LogP contribution in [0.15, 0.2) is 56.5 Å². The molecule has 1 aromatic rings. The molecule has 0 nitrogen and oxygen atoms in total. The molecule has 0 saturated heterocycles. The number of hydrogen-bond acceptors (Lipinski definition) is 2. The summed E-state index contributed by atoms with van der Waals surface area (Å²) in [6.45, 7) is 6.12. The Balaban J connectivity index is 2.46. The fraction of sp³-hybridized carbons (Fsp3) is 0.0909. The highest BCUT2D eigenvalue weighted by Gasteiger charge is 2.09. The van der Waals surface area contributed by atoms with Gasteiger partial charge in [-0.2, -0.15) is 0 Å². The largest absolute Gasteiger partial charge is 0.0936 e. The predicted octanol–water partition coefficient (Wildman–Crippen LogP) is 4.30. The number of rotatable bonds is 0. The summed E-state index contributed by atoms with van der Waals surface area (Å²) < 4.78 is 0. The van der Waals surface area contributed by atoms with Crippen molar-refractivity contribution in [3.63, 3.8) is 0 Å². The summed E-state index contributed by atoms with van der Waals surface area (Å²) in [6, 6.07) is 8.45. The highest BCUT2D eigenvalue weighted by Crippen LogP contribution is 2.41. The second-order valence-corrected chi connectivity index (χ2v) is 5.33. The SMILES string of the molecule is C=C1C=C(C)Sc2ccccc2S1. The van der Waals surface area contributed by atoms with Gasteiger partial charge in [0.05, 0.1) is 0 Å². The van der Waals surface area contributed by atoms with Gasteiger partial charge in [0.15, 0.2) is 0 Å². The number of fused-ring (bicyclic) bond motifs is 1. The summed E-state index contributed by atoms with van der Waals surface area (Å²) in [5, 5.41) is 0. The van der Waals surface area contributed by atoms with Crippen LogP contribution in [0.5, 0.6) is 0 Å². The number of hydrogen-bond donors (Lipinski definition) is 0. The van der Waals surface area contributed by atoms with E-state index in [9.17, 15) is 0 Å². The van der Waals surface area contributed by atoms with Crippen molar-refractivity contribution in [1.82, 2.24) is 0 Å². The van der Waals surface area contributed by atoms with E-state index in [1.165, 1.54) is 14.7 Å². The lowest BCUT2D eigenvalue weighted by Gasteiger charge is -2.02. The molecular formula is C11H10S2. The lowest BCUT2D eigenvalue weighted by Crippen LogP contribution is -1.74. The molecule has 0 radical (unpaired) electrons. The fourth-order valence-corrected chi connectivity index (χ4v) is 3.24. The van der Waals surface area contributed by atoms with Crippen molar-refractivity contribution < 1.29 is 0 Å². The van der Waals surface area contributed by atoms with Crippen LogP contribution in [0, 0.1) is 0 Å². The van der Waals surface area contributed by atoms with E-state index in [0.717, 1.165) is 4.91 Å². The zero-order chi connectivity index (χ0) is 9.26. The molecule has 0 spiro atoms. The standard InChI is InChI=1S/C11H10S2/c1-8-7-9(2)13-11-6-4-3-5-10(11)12-8/h3-7H,1H2,2H3. The van der Waals surface area contributed by atoms with E-state index >= 15 is 0 Å². The molecule has 0 aliphatic carbocycles. The quantitative estimate of drug-likeness (QED) is 0.620. The van der Waals surface area contributed by atoms with Gasteiger partial charge in [-0.3, -0.25) is 0 Å². The minimum Gasteiger partial charge on any atom is -0.0936 e. The molecule has 0 unspecified atom stereocenters. The molecule has 1 aliphatic heterocycles. The molecule has 0 atom stereocenters. The van der Waals surface area contributed by atoms with E-state index in [-0.39, 0.29) is 0 Å². The Hall–Kier alpha value is -0.600. The van der Waals surface area contributed by atoms with Crippen LogP contribution >= 0.6 is 23.5 Å². The van der Waals surface area contributed by atoms with E-state index in [0.29, 0.717) is 0 Å². The molecule has 1 heterocycles. The lowest BCUT2D eigenvalue weighted by molar-refractivity contribution is 1.26. The Labute approximate surface area is 87.1 Å². The monoisotopic (exact) mass is 206 g/mol. The van der Waals surface area contributed by atoms with Crippen molar-refractivity contribution in [2.45, 2.75) is 16.7 Å². The van der Waals surface area contributed by atoms with Crippen LogP contribution in [-0.4, -0.2) is 0 Å². The summed E-state index contributed by atoms with van der Waals surface area (Å²) in [5.41, 5.74) is 0. The molecule has 0 fully saturated rings. The van der Waals surface area contributed by atoms with Crippen LogP contribution in [0.2, 0.25) is 0 Å². The molecule has 0 amide bonds. The van der Waals surface area contributed by atoms with Crippen LogP contribution in [-0.2, 0) is 0 Å².